The van der Waals surface area contributed by atoms with E-state index >= 15 is 0 Å². The van der Waals surface area contributed by atoms with Crippen molar-refractivity contribution in [2.45, 2.75) is 24.4 Å². The molecule has 9 heteroatoms. The van der Waals surface area contributed by atoms with Crippen LogP contribution in [-0.4, -0.2) is 35.7 Å². The molecule has 0 aliphatic heterocycles. The molecule has 23 heavy (non-hydrogen) atoms. The summed E-state index contributed by atoms with van der Waals surface area (Å²) in [6, 6.07) is 0. The van der Waals surface area contributed by atoms with Crippen LogP contribution in [0.3, 0.4) is 0 Å². The van der Waals surface area contributed by atoms with Gasteiger partial charge in [-0.25, -0.2) is 14.6 Å². The molecule has 0 saturated heterocycles. The lowest BCUT2D eigenvalue weighted by molar-refractivity contribution is 0.0601. The van der Waals surface area contributed by atoms with Gasteiger partial charge < -0.3 is 19.8 Å². The largest absolute Gasteiger partial charge is 0.465 e. The highest BCUT2D eigenvalue weighted by Crippen LogP contribution is 2.36. The fourth-order valence-corrected chi connectivity index (χ4v) is 4.16. The Balaban J connectivity index is 2.38. The normalized spacial score (nSPS) is 10.6. The Kier molecular flexibility index (Phi) is 5.67. The second-order valence-electron chi connectivity index (χ2n) is 4.42. The van der Waals surface area contributed by atoms with Crippen LogP contribution in [0.1, 0.15) is 32.5 Å². The van der Waals surface area contributed by atoms with E-state index in [0.717, 1.165) is 23.0 Å². The standard InChI is InChI=1S/C14H17N3O4S2/c1-4-17-6-5-16-14(17)22-7-8-9(12(18)20-2)11(15)23-10(8)13(19)21-3/h5-6H,4,7,15H2,1-3H3. The topological polar surface area (TPSA) is 96.4 Å². The number of nitrogens with two attached hydrogens (primary N) is 1. The number of carbonyl (C=O) groups excluding carboxylic acids is 2. The number of aromatic nitrogens is 2. The number of esters is 2. The van der Waals surface area contributed by atoms with Crippen LogP contribution in [0.2, 0.25) is 0 Å². The Morgan fingerprint density at radius 2 is 2.04 bits per heavy atom. The molecule has 2 N–H and O–H groups in total. The average Bonchev–Trinajstić information content (AvgIpc) is 3.14. The van der Waals surface area contributed by atoms with Gasteiger partial charge in [-0.1, -0.05) is 11.8 Å². The average molecular weight is 355 g/mol. The van der Waals surface area contributed by atoms with Crippen LogP contribution in [-0.2, 0) is 21.8 Å². The zero-order valence-corrected chi connectivity index (χ0v) is 14.6. The minimum atomic E-state index is -0.566. The number of nitrogens with zero attached hydrogens (tertiary/aromatic N) is 2. The molecule has 7 nitrogen and oxygen atoms in total. The van der Waals surface area contributed by atoms with E-state index in [1.807, 2.05) is 17.7 Å². The molecule has 2 heterocycles. The molecule has 0 radical (unpaired) electrons. The third-order valence-corrected chi connectivity index (χ3v) is 5.23. The number of hydrogen-bond acceptors (Lipinski definition) is 8. The number of thioether (sulfide) groups is 1. The van der Waals surface area contributed by atoms with E-state index < -0.39 is 11.9 Å². The number of rotatable bonds is 6. The van der Waals surface area contributed by atoms with E-state index in [-0.39, 0.29) is 10.6 Å². The van der Waals surface area contributed by atoms with Crippen LogP contribution in [0.5, 0.6) is 0 Å². The Morgan fingerprint density at radius 1 is 1.35 bits per heavy atom. The third-order valence-electron chi connectivity index (χ3n) is 3.16. The van der Waals surface area contributed by atoms with Crippen molar-refractivity contribution in [1.29, 1.82) is 0 Å². The fraction of sp³-hybridized carbons (Fsp3) is 0.357. The number of ether oxygens (including phenoxy) is 2. The van der Waals surface area contributed by atoms with Crippen LogP contribution < -0.4 is 5.73 Å². The highest BCUT2D eigenvalue weighted by molar-refractivity contribution is 7.98. The monoisotopic (exact) mass is 355 g/mol. The first-order valence-electron chi connectivity index (χ1n) is 6.75. The Labute approximate surface area is 141 Å². The van der Waals surface area contributed by atoms with E-state index in [0.29, 0.717) is 16.2 Å². The molecular formula is C14H17N3O4S2. The molecule has 0 aromatic carbocycles. The number of carbonyl (C=O) groups is 2. The summed E-state index contributed by atoms with van der Waals surface area (Å²) in [6.45, 7) is 2.79. The molecule has 0 amide bonds. The number of thiophene rings is 1. The summed E-state index contributed by atoms with van der Waals surface area (Å²) in [5.74, 6) is -0.728. The molecule has 0 unspecified atom stereocenters. The van der Waals surface area contributed by atoms with Crippen molar-refractivity contribution in [3.63, 3.8) is 0 Å². The summed E-state index contributed by atoms with van der Waals surface area (Å²) in [6.07, 6.45) is 3.57. The summed E-state index contributed by atoms with van der Waals surface area (Å²) in [5.41, 5.74) is 6.63. The van der Waals surface area contributed by atoms with Gasteiger partial charge in [-0.2, -0.15) is 0 Å². The van der Waals surface area contributed by atoms with Crippen molar-refractivity contribution in [2.75, 3.05) is 20.0 Å². The number of methoxy groups -OCH3 is 2. The molecule has 0 bridgehead atoms. The summed E-state index contributed by atoms with van der Waals surface area (Å²) >= 11 is 2.44. The maximum absolute atomic E-state index is 12.0. The van der Waals surface area contributed by atoms with E-state index in [2.05, 4.69) is 4.98 Å². The van der Waals surface area contributed by atoms with E-state index in [1.54, 1.807) is 6.20 Å². The van der Waals surface area contributed by atoms with Crippen molar-refractivity contribution in [3.8, 4) is 0 Å². The van der Waals surface area contributed by atoms with Crippen molar-refractivity contribution in [2.24, 2.45) is 0 Å². The minimum absolute atomic E-state index is 0.222. The third kappa shape index (κ3) is 3.50. The Hall–Kier alpha value is -2.00. The zero-order chi connectivity index (χ0) is 17.0. The van der Waals surface area contributed by atoms with E-state index in [1.165, 1.54) is 26.0 Å². The number of imidazole rings is 1. The SMILES string of the molecule is CCn1ccnc1SCc1c(C(=O)OC)sc(N)c1C(=O)OC. The van der Waals surface area contributed by atoms with Crippen LogP contribution in [0.25, 0.3) is 0 Å². The van der Waals surface area contributed by atoms with Gasteiger partial charge >= 0.3 is 11.9 Å². The molecule has 2 aromatic heterocycles. The van der Waals surface area contributed by atoms with Gasteiger partial charge in [-0.05, 0) is 6.92 Å². The van der Waals surface area contributed by atoms with Gasteiger partial charge in [0.05, 0.1) is 19.8 Å². The first-order chi connectivity index (χ1) is 11.0. The van der Waals surface area contributed by atoms with Crippen LogP contribution in [0, 0.1) is 0 Å². The van der Waals surface area contributed by atoms with Crippen molar-refractivity contribution in [1.82, 2.24) is 9.55 Å². The number of nitrogen functional groups attached to an aromatic ring is 1. The van der Waals surface area contributed by atoms with E-state index in [9.17, 15) is 9.59 Å². The quantitative estimate of drug-likeness (QED) is 0.628. The van der Waals surface area contributed by atoms with Crippen LogP contribution >= 0.6 is 23.1 Å². The molecule has 2 rings (SSSR count). The van der Waals surface area contributed by atoms with Crippen molar-refractivity contribution in [3.05, 3.63) is 28.4 Å². The number of hydrogen-bond donors (Lipinski definition) is 1. The highest BCUT2D eigenvalue weighted by Gasteiger charge is 2.27. The minimum Gasteiger partial charge on any atom is -0.465 e. The lowest BCUT2D eigenvalue weighted by Crippen LogP contribution is -2.09. The van der Waals surface area contributed by atoms with Gasteiger partial charge in [0.1, 0.15) is 9.88 Å². The smallest absolute Gasteiger partial charge is 0.348 e. The van der Waals surface area contributed by atoms with Gasteiger partial charge in [-0.3, -0.25) is 0 Å². The van der Waals surface area contributed by atoms with Crippen LogP contribution in [0.15, 0.2) is 17.6 Å². The highest BCUT2D eigenvalue weighted by atomic mass is 32.2. The van der Waals surface area contributed by atoms with Gasteiger partial charge in [-0.15, -0.1) is 11.3 Å². The summed E-state index contributed by atoms with van der Waals surface area (Å²) in [7, 11) is 2.56. The second kappa shape index (κ2) is 7.51. The molecule has 124 valence electrons. The maximum atomic E-state index is 12.0. The maximum Gasteiger partial charge on any atom is 0.348 e. The number of aryl methyl sites for hydroxylation is 1. The van der Waals surface area contributed by atoms with E-state index in [4.69, 9.17) is 15.2 Å². The first-order valence-corrected chi connectivity index (χ1v) is 8.55. The second-order valence-corrected chi connectivity index (χ2v) is 6.41. The number of anilines is 1. The zero-order valence-electron chi connectivity index (χ0n) is 13.0. The fourth-order valence-electron chi connectivity index (χ4n) is 2.02. The predicted molar refractivity (Wildman–Crippen MR) is 88.9 cm³/mol. The predicted octanol–water partition coefficient (Wildman–Crippen LogP) is 2.41. The summed E-state index contributed by atoms with van der Waals surface area (Å²) in [5, 5.41) is 1.04. The lowest BCUT2D eigenvalue weighted by Gasteiger charge is -2.07. The Bertz CT molecular complexity index is 724. The van der Waals surface area contributed by atoms with Gasteiger partial charge in [0.15, 0.2) is 5.16 Å². The summed E-state index contributed by atoms with van der Waals surface area (Å²) < 4.78 is 11.5. The molecule has 2 aromatic rings. The molecule has 0 aliphatic rings. The lowest BCUT2D eigenvalue weighted by atomic mass is 10.1. The van der Waals surface area contributed by atoms with Crippen molar-refractivity contribution < 1.29 is 19.1 Å². The molecular weight excluding hydrogens is 338 g/mol. The first kappa shape index (κ1) is 17.4. The molecule has 0 atom stereocenters. The summed E-state index contributed by atoms with van der Waals surface area (Å²) in [4.78, 5) is 28.5. The molecule has 0 fully saturated rings. The van der Waals surface area contributed by atoms with Gasteiger partial charge in [0.2, 0.25) is 0 Å². The molecule has 0 spiro atoms. The molecule has 0 saturated carbocycles. The van der Waals surface area contributed by atoms with Crippen LogP contribution in [0.4, 0.5) is 5.00 Å². The Morgan fingerprint density at radius 3 is 2.65 bits per heavy atom. The van der Waals surface area contributed by atoms with Gasteiger partial charge in [0, 0.05) is 30.3 Å². The van der Waals surface area contributed by atoms with Gasteiger partial charge in [0.25, 0.3) is 0 Å². The molecule has 0 aliphatic carbocycles. The van der Waals surface area contributed by atoms with Crippen molar-refractivity contribution >= 4 is 40.0 Å².